The summed E-state index contributed by atoms with van der Waals surface area (Å²) in [5, 5.41) is 0. The zero-order valence-electron chi connectivity index (χ0n) is 11.3. The summed E-state index contributed by atoms with van der Waals surface area (Å²) in [5.74, 6) is 2.19. The summed E-state index contributed by atoms with van der Waals surface area (Å²) in [6.45, 7) is 7.89. The van der Waals surface area contributed by atoms with Gasteiger partial charge in [0.15, 0.2) is 0 Å². The minimum Gasteiger partial charge on any atom is -0.494 e. The summed E-state index contributed by atoms with van der Waals surface area (Å²) in [5.41, 5.74) is 1.03. The van der Waals surface area contributed by atoms with Crippen molar-refractivity contribution in [1.82, 2.24) is 0 Å². The van der Waals surface area contributed by atoms with Gasteiger partial charge >= 0.3 is 0 Å². The van der Waals surface area contributed by atoms with Crippen LogP contribution in [0.25, 0.3) is 0 Å². The molecule has 1 aliphatic heterocycles. The molecule has 1 atom stereocenters. The van der Waals surface area contributed by atoms with E-state index in [9.17, 15) is 0 Å². The maximum atomic E-state index is 5.64. The van der Waals surface area contributed by atoms with Crippen molar-refractivity contribution in [1.29, 1.82) is 0 Å². The van der Waals surface area contributed by atoms with Gasteiger partial charge in [0, 0.05) is 5.56 Å². The zero-order valence-corrected chi connectivity index (χ0v) is 11.3. The Hall–Kier alpha value is -1.51. The molecule has 0 aromatic heterocycles. The first-order chi connectivity index (χ1) is 8.70. The summed E-state index contributed by atoms with van der Waals surface area (Å²) < 4.78 is 11.2. The van der Waals surface area contributed by atoms with Crippen LogP contribution in [0.15, 0.2) is 29.3 Å². The highest BCUT2D eigenvalue weighted by Gasteiger charge is 2.22. The van der Waals surface area contributed by atoms with Gasteiger partial charge in [0.25, 0.3) is 0 Å². The highest BCUT2D eigenvalue weighted by atomic mass is 16.5. The van der Waals surface area contributed by atoms with E-state index in [-0.39, 0.29) is 6.04 Å². The van der Waals surface area contributed by atoms with E-state index < -0.39 is 0 Å². The van der Waals surface area contributed by atoms with Gasteiger partial charge in [-0.1, -0.05) is 20.8 Å². The SMILES string of the molecule is CCCOc1ccc(C2=NC(C(C)C)CO2)cc1. The van der Waals surface area contributed by atoms with Crippen LogP contribution in [-0.2, 0) is 4.74 Å². The molecule has 0 fully saturated rings. The fourth-order valence-electron chi connectivity index (χ4n) is 1.80. The molecule has 18 heavy (non-hydrogen) atoms. The molecular formula is C15H21NO2. The third-order valence-corrected chi connectivity index (χ3v) is 3.02. The van der Waals surface area contributed by atoms with E-state index >= 15 is 0 Å². The average molecular weight is 247 g/mol. The number of nitrogens with zero attached hydrogens (tertiary/aromatic N) is 1. The molecule has 0 N–H and O–H groups in total. The predicted molar refractivity (Wildman–Crippen MR) is 73.3 cm³/mol. The van der Waals surface area contributed by atoms with E-state index in [2.05, 4.69) is 25.8 Å². The van der Waals surface area contributed by atoms with Crippen LogP contribution < -0.4 is 4.74 Å². The maximum Gasteiger partial charge on any atom is 0.216 e. The summed E-state index contributed by atoms with van der Waals surface area (Å²) in [4.78, 5) is 4.60. The molecule has 1 aromatic carbocycles. The second kappa shape index (κ2) is 5.89. The van der Waals surface area contributed by atoms with Crippen LogP contribution in [0, 0.1) is 5.92 Å². The Morgan fingerprint density at radius 1 is 1.33 bits per heavy atom. The average Bonchev–Trinajstić information content (AvgIpc) is 2.87. The Labute approximate surface area is 109 Å². The van der Waals surface area contributed by atoms with Gasteiger partial charge in [-0.15, -0.1) is 0 Å². The fourth-order valence-corrected chi connectivity index (χ4v) is 1.80. The highest BCUT2D eigenvalue weighted by Crippen LogP contribution is 2.19. The zero-order chi connectivity index (χ0) is 13.0. The molecule has 1 heterocycles. The van der Waals surface area contributed by atoms with Crippen molar-refractivity contribution in [3.05, 3.63) is 29.8 Å². The second-order valence-corrected chi connectivity index (χ2v) is 4.93. The monoisotopic (exact) mass is 247 g/mol. The van der Waals surface area contributed by atoms with E-state index in [1.807, 2.05) is 24.3 Å². The minimum atomic E-state index is 0.288. The van der Waals surface area contributed by atoms with Crippen LogP contribution >= 0.6 is 0 Å². The largest absolute Gasteiger partial charge is 0.494 e. The molecule has 0 aliphatic carbocycles. The van der Waals surface area contributed by atoms with E-state index in [0.29, 0.717) is 12.5 Å². The second-order valence-electron chi connectivity index (χ2n) is 4.93. The Kier molecular flexibility index (Phi) is 4.24. The van der Waals surface area contributed by atoms with Crippen molar-refractivity contribution in [3.63, 3.8) is 0 Å². The number of benzene rings is 1. The van der Waals surface area contributed by atoms with Gasteiger partial charge in [0.1, 0.15) is 12.4 Å². The van der Waals surface area contributed by atoms with Crippen LogP contribution in [0.3, 0.4) is 0 Å². The lowest BCUT2D eigenvalue weighted by atomic mass is 10.1. The van der Waals surface area contributed by atoms with Gasteiger partial charge in [-0.05, 0) is 36.6 Å². The summed E-state index contributed by atoms with van der Waals surface area (Å²) >= 11 is 0. The molecular weight excluding hydrogens is 226 g/mol. The van der Waals surface area contributed by atoms with Crippen molar-refractivity contribution < 1.29 is 9.47 Å². The number of rotatable bonds is 5. The molecule has 1 aromatic rings. The van der Waals surface area contributed by atoms with Crippen molar-refractivity contribution >= 4 is 5.90 Å². The van der Waals surface area contributed by atoms with Crippen LogP contribution in [0.5, 0.6) is 5.75 Å². The number of hydrogen-bond donors (Lipinski definition) is 0. The highest BCUT2D eigenvalue weighted by molar-refractivity contribution is 5.95. The normalized spacial score (nSPS) is 18.7. The molecule has 0 saturated heterocycles. The van der Waals surface area contributed by atoms with Crippen LogP contribution in [0.2, 0.25) is 0 Å². The third-order valence-electron chi connectivity index (χ3n) is 3.02. The number of hydrogen-bond acceptors (Lipinski definition) is 3. The number of aliphatic imine (C=N–C) groups is 1. The van der Waals surface area contributed by atoms with Gasteiger partial charge in [-0.3, -0.25) is 0 Å². The smallest absolute Gasteiger partial charge is 0.216 e. The standard InChI is InChI=1S/C15H21NO2/c1-4-9-17-13-7-5-12(6-8-13)15-16-14(10-18-15)11(2)3/h5-8,11,14H,4,9-10H2,1-3H3. The molecule has 98 valence electrons. The van der Waals surface area contributed by atoms with E-state index in [4.69, 9.17) is 9.47 Å². The Morgan fingerprint density at radius 2 is 2.06 bits per heavy atom. The van der Waals surface area contributed by atoms with Crippen LogP contribution in [0.4, 0.5) is 0 Å². The topological polar surface area (TPSA) is 30.8 Å². The molecule has 0 bridgehead atoms. The molecule has 2 rings (SSSR count). The molecule has 1 unspecified atom stereocenters. The van der Waals surface area contributed by atoms with Gasteiger partial charge in [-0.2, -0.15) is 0 Å². The van der Waals surface area contributed by atoms with Crippen LogP contribution in [0.1, 0.15) is 32.8 Å². The summed E-state index contributed by atoms with van der Waals surface area (Å²) in [7, 11) is 0. The fraction of sp³-hybridized carbons (Fsp3) is 0.533. The maximum absolute atomic E-state index is 5.64. The van der Waals surface area contributed by atoms with E-state index in [0.717, 1.165) is 30.2 Å². The van der Waals surface area contributed by atoms with Gasteiger partial charge < -0.3 is 9.47 Å². The molecule has 0 radical (unpaired) electrons. The lowest BCUT2D eigenvalue weighted by Crippen LogP contribution is -2.13. The predicted octanol–water partition coefficient (Wildman–Crippen LogP) is 3.28. The first-order valence-corrected chi connectivity index (χ1v) is 6.64. The molecule has 3 nitrogen and oxygen atoms in total. The van der Waals surface area contributed by atoms with Crippen molar-refractivity contribution in [3.8, 4) is 5.75 Å². The Morgan fingerprint density at radius 3 is 2.61 bits per heavy atom. The molecule has 0 amide bonds. The quantitative estimate of drug-likeness (QED) is 0.799. The minimum absolute atomic E-state index is 0.288. The molecule has 0 spiro atoms. The third kappa shape index (κ3) is 3.03. The Bertz CT molecular complexity index is 409. The lowest BCUT2D eigenvalue weighted by molar-refractivity contribution is 0.291. The summed E-state index contributed by atoms with van der Waals surface area (Å²) in [6, 6.07) is 8.24. The summed E-state index contributed by atoms with van der Waals surface area (Å²) in [6.07, 6.45) is 1.02. The lowest BCUT2D eigenvalue weighted by Gasteiger charge is -2.06. The van der Waals surface area contributed by atoms with Crippen LogP contribution in [-0.4, -0.2) is 25.2 Å². The number of ether oxygens (including phenoxy) is 2. The van der Waals surface area contributed by atoms with E-state index in [1.54, 1.807) is 0 Å². The first kappa shape index (κ1) is 12.9. The molecule has 0 saturated carbocycles. The molecule has 3 heteroatoms. The van der Waals surface area contributed by atoms with Crippen molar-refractivity contribution in [2.24, 2.45) is 10.9 Å². The van der Waals surface area contributed by atoms with Gasteiger partial charge in [0.05, 0.1) is 12.6 Å². The van der Waals surface area contributed by atoms with Crippen molar-refractivity contribution in [2.45, 2.75) is 33.2 Å². The first-order valence-electron chi connectivity index (χ1n) is 6.64. The van der Waals surface area contributed by atoms with E-state index in [1.165, 1.54) is 0 Å². The van der Waals surface area contributed by atoms with Gasteiger partial charge in [-0.25, -0.2) is 4.99 Å². The van der Waals surface area contributed by atoms with Crippen molar-refractivity contribution in [2.75, 3.05) is 13.2 Å². The van der Waals surface area contributed by atoms with Gasteiger partial charge in [0.2, 0.25) is 5.90 Å². The Balaban J connectivity index is 2.04. The molecule has 1 aliphatic rings.